The number of ether oxygens (including phenoxy) is 1. The molecule has 4 nitrogen and oxygen atoms in total. The minimum absolute atomic E-state index is 0.00466. The summed E-state index contributed by atoms with van der Waals surface area (Å²) in [6, 6.07) is 16.4. The number of nitrogens with zero attached hydrogens (tertiary/aromatic N) is 1. The molecule has 5 heteroatoms. The minimum atomic E-state index is 0.00466. The third-order valence-corrected chi connectivity index (χ3v) is 4.82. The number of hydrogen-bond acceptors (Lipinski definition) is 4. The van der Waals surface area contributed by atoms with Crippen molar-refractivity contribution in [1.82, 2.24) is 10.3 Å². The number of hydrogen-bond donors (Lipinski definition) is 1. The Labute approximate surface area is 157 Å². The predicted octanol–water partition coefficient (Wildman–Crippen LogP) is 4.55. The molecule has 0 bridgehead atoms. The molecule has 3 rings (SSSR count). The van der Waals surface area contributed by atoms with Gasteiger partial charge in [0.05, 0.1) is 12.3 Å². The summed E-state index contributed by atoms with van der Waals surface area (Å²) >= 11 is 1.63. The van der Waals surface area contributed by atoms with E-state index in [-0.39, 0.29) is 5.91 Å². The Morgan fingerprint density at radius 3 is 2.69 bits per heavy atom. The van der Waals surface area contributed by atoms with Gasteiger partial charge in [-0.05, 0) is 31.0 Å². The summed E-state index contributed by atoms with van der Waals surface area (Å²) in [7, 11) is 0. The van der Waals surface area contributed by atoms with Crippen LogP contribution in [0, 0.1) is 0 Å². The quantitative estimate of drug-likeness (QED) is 0.667. The van der Waals surface area contributed by atoms with Crippen LogP contribution in [0.3, 0.4) is 0 Å². The van der Waals surface area contributed by atoms with Crippen molar-refractivity contribution >= 4 is 17.2 Å². The lowest BCUT2D eigenvalue weighted by molar-refractivity contribution is -0.118. The lowest BCUT2D eigenvalue weighted by Gasteiger charge is -2.04. The van der Waals surface area contributed by atoms with Gasteiger partial charge in [0.1, 0.15) is 10.8 Å². The van der Waals surface area contributed by atoms with E-state index in [1.807, 2.05) is 25.1 Å². The highest BCUT2D eigenvalue weighted by Crippen LogP contribution is 2.30. The van der Waals surface area contributed by atoms with Gasteiger partial charge >= 0.3 is 0 Å². The van der Waals surface area contributed by atoms with Gasteiger partial charge in [-0.3, -0.25) is 4.79 Å². The Bertz CT molecular complexity index is 872. The largest absolute Gasteiger partial charge is 0.494 e. The van der Waals surface area contributed by atoms with E-state index in [4.69, 9.17) is 9.72 Å². The zero-order valence-corrected chi connectivity index (χ0v) is 15.8. The number of nitrogens with one attached hydrogen (secondary N) is 1. The van der Waals surface area contributed by atoms with Gasteiger partial charge in [-0.15, -0.1) is 11.3 Å². The van der Waals surface area contributed by atoms with E-state index in [2.05, 4.69) is 41.0 Å². The average Bonchev–Trinajstić information content (AvgIpc) is 3.13. The molecule has 0 spiro atoms. The Morgan fingerprint density at radius 1 is 1.15 bits per heavy atom. The van der Waals surface area contributed by atoms with Gasteiger partial charge < -0.3 is 10.1 Å². The fourth-order valence-corrected chi connectivity index (χ4v) is 3.48. The molecular weight excluding hydrogens is 344 g/mol. The van der Waals surface area contributed by atoms with Crippen LogP contribution < -0.4 is 10.1 Å². The van der Waals surface area contributed by atoms with Gasteiger partial charge in [0, 0.05) is 30.0 Å². The first kappa shape index (κ1) is 18.1. The number of rotatable bonds is 7. The van der Waals surface area contributed by atoms with Crippen LogP contribution in [-0.2, 0) is 11.2 Å². The number of aromatic nitrogens is 1. The smallest absolute Gasteiger partial charge is 0.216 e. The predicted molar refractivity (Wildman–Crippen MR) is 107 cm³/mol. The fourth-order valence-electron chi connectivity index (χ4n) is 2.65. The standard InChI is InChI=1S/C21H22N2O2S/c1-3-25-19-6-4-5-18(13-19)21-23-20(14-26-21)17-9-7-16(8-10-17)11-12-22-15(2)24/h4-10,13-14H,3,11-12H2,1-2H3,(H,22,24). The van der Waals surface area contributed by atoms with Crippen LogP contribution >= 0.6 is 11.3 Å². The number of amides is 1. The number of carbonyl (C=O) groups excluding carboxylic acids is 1. The molecule has 0 saturated heterocycles. The van der Waals surface area contributed by atoms with E-state index in [1.165, 1.54) is 12.5 Å². The summed E-state index contributed by atoms with van der Waals surface area (Å²) < 4.78 is 5.57. The van der Waals surface area contributed by atoms with Crippen LogP contribution in [0.4, 0.5) is 0 Å². The molecule has 26 heavy (non-hydrogen) atoms. The molecule has 0 aliphatic rings. The van der Waals surface area contributed by atoms with E-state index >= 15 is 0 Å². The van der Waals surface area contributed by atoms with Gasteiger partial charge in [0.2, 0.25) is 5.91 Å². The normalized spacial score (nSPS) is 10.5. The number of benzene rings is 2. The Kier molecular flexibility index (Phi) is 6.02. The Morgan fingerprint density at radius 2 is 1.96 bits per heavy atom. The Balaban J connectivity index is 1.71. The highest BCUT2D eigenvalue weighted by molar-refractivity contribution is 7.13. The van der Waals surface area contributed by atoms with E-state index in [0.717, 1.165) is 34.0 Å². The molecule has 3 aromatic rings. The third-order valence-electron chi connectivity index (χ3n) is 3.93. The van der Waals surface area contributed by atoms with Gasteiger partial charge in [0.15, 0.2) is 0 Å². The molecule has 0 fully saturated rings. The Hall–Kier alpha value is -2.66. The van der Waals surface area contributed by atoms with Crippen molar-refractivity contribution in [3.63, 3.8) is 0 Å². The highest BCUT2D eigenvalue weighted by Gasteiger charge is 2.08. The summed E-state index contributed by atoms with van der Waals surface area (Å²) in [5, 5.41) is 5.88. The second-order valence-electron chi connectivity index (χ2n) is 5.93. The van der Waals surface area contributed by atoms with Gasteiger partial charge in [-0.1, -0.05) is 36.4 Å². The van der Waals surface area contributed by atoms with Gasteiger partial charge in [-0.25, -0.2) is 4.98 Å². The van der Waals surface area contributed by atoms with Crippen molar-refractivity contribution in [2.45, 2.75) is 20.3 Å². The van der Waals surface area contributed by atoms with Crippen molar-refractivity contribution < 1.29 is 9.53 Å². The molecule has 1 heterocycles. The molecule has 0 atom stereocenters. The maximum Gasteiger partial charge on any atom is 0.216 e. The number of carbonyl (C=O) groups is 1. The van der Waals surface area contributed by atoms with Crippen molar-refractivity contribution in [3.05, 3.63) is 59.5 Å². The molecule has 0 unspecified atom stereocenters. The third kappa shape index (κ3) is 4.70. The van der Waals surface area contributed by atoms with Gasteiger partial charge in [0.25, 0.3) is 0 Å². The molecule has 1 amide bonds. The summed E-state index contributed by atoms with van der Waals surface area (Å²) in [5.41, 5.74) is 4.33. The van der Waals surface area contributed by atoms with Crippen LogP contribution in [0.5, 0.6) is 5.75 Å². The SMILES string of the molecule is CCOc1cccc(-c2nc(-c3ccc(CCNC(C)=O)cc3)cs2)c1. The molecular formula is C21H22N2O2S. The van der Waals surface area contributed by atoms with E-state index in [0.29, 0.717) is 13.2 Å². The molecule has 0 aliphatic carbocycles. The number of thiazole rings is 1. The topological polar surface area (TPSA) is 51.2 Å². The summed E-state index contributed by atoms with van der Waals surface area (Å²) in [6.07, 6.45) is 0.826. The first-order valence-electron chi connectivity index (χ1n) is 8.68. The molecule has 2 aromatic carbocycles. The monoisotopic (exact) mass is 366 g/mol. The molecule has 0 saturated carbocycles. The van der Waals surface area contributed by atoms with Gasteiger partial charge in [-0.2, -0.15) is 0 Å². The fraction of sp³-hybridized carbons (Fsp3) is 0.238. The van der Waals surface area contributed by atoms with Crippen molar-refractivity contribution in [1.29, 1.82) is 0 Å². The zero-order chi connectivity index (χ0) is 18.4. The first-order valence-corrected chi connectivity index (χ1v) is 9.56. The minimum Gasteiger partial charge on any atom is -0.494 e. The lowest BCUT2D eigenvalue weighted by atomic mass is 10.1. The van der Waals surface area contributed by atoms with Crippen LogP contribution in [-0.4, -0.2) is 24.0 Å². The highest BCUT2D eigenvalue weighted by atomic mass is 32.1. The lowest BCUT2D eigenvalue weighted by Crippen LogP contribution is -2.22. The van der Waals surface area contributed by atoms with Crippen molar-refractivity contribution in [2.24, 2.45) is 0 Å². The molecule has 134 valence electrons. The molecule has 1 N–H and O–H groups in total. The van der Waals surface area contributed by atoms with Crippen LogP contribution in [0.1, 0.15) is 19.4 Å². The maximum absolute atomic E-state index is 10.9. The van der Waals surface area contributed by atoms with E-state index in [1.54, 1.807) is 11.3 Å². The average molecular weight is 366 g/mol. The maximum atomic E-state index is 10.9. The second-order valence-corrected chi connectivity index (χ2v) is 6.79. The summed E-state index contributed by atoms with van der Waals surface area (Å²) in [6.45, 7) is 4.83. The van der Waals surface area contributed by atoms with Crippen LogP contribution in [0.2, 0.25) is 0 Å². The van der Waals surface area contributed by atoms with Crippen LogP contribution in [0.25, 0.3) is 21.8 Å². The van der Waals surface area contributed by atoms with Crippen LogP contribution in [0.15, 0.2) is 53.9 Å². The zero-order valence-electron chi connectivity index (χ0n) is 15.0. The molecule has 0 aliphatic heterocycles. The first-order chi connectivity index (χ1) is 12.7. The summed E-state index contributed by atoms with van der Waals surface area (Å²) in [5.74, 6) is 0.871. The van der Waals surface area contributed by atoms with E-state index in [9.17, 15) is 4.79 Å². The van der Waals surface area contributed by atoms with Crippen molar-refractivity contribution in [2.75, 3.05) is 13.2 Å². The summed E-state index contributed by atoms with van der Waals surface area (Å²) in [4.78, 5) is 15.7. The van der Waals surface area contributed by atoms with Crippen molar-refractivity contribution in [3.8, 4) is 27.6 Å². The van der Waals surface area contributed by atoms with E-state index < -0.39 is 0 Å². The molecule has 1 aromatic heterocycles. The second kappa shape index (κ2) is 8.63. The molecule has 0 radical (unpaired) electrons.